The fourth-order valence-electron chi connectivity index (χ4n) is 4.91. The molecule has 2 aromatic heterocycles. The number of nitrogens with zero attached hydrogens (tertiary/aromatic N) is 3. The molecule has 0 atom stereocenters. The van der Waals surface area contributed by atoms with Gasteiger partial charge in [0.1, 0.15) is 11.4 Å². The number of fused-ring (bicyclic) bond motifs is 2. The quantitative estimate of drug-likeness (QED) is 0.0631. The summed E-state index contributed by atoms with van der Waals surface area (Å²) in [5.41, 5.74) is 1.90. The van der Waals surface area contributed by atoms with E-state index in [1.807, 2.05) is 0 Å². The van der Waals surface area contributed by atoms with Gasteiger partial charge in [0.2, 0.25) is 16.9 Å². The number of benzene rings is 1. The van der Waals surface area contributed by atoms with Crippen LogP contribution in [0, 0.1) is 5.41 Å². The minimum atomic E-state index is -0.986. The second kappa shape index (κ2) is 16.3. The summed E-state index contributed by atoms with van der Waals surface area (Å²) in [7, 11) is 0. The Morgan fingerprint density at radius 3 is 1.73 bits per heavy atom. The maximum absolute atomic E-state index is 12.4. The number of piperazine rings is 1. The van der Waals surface area contributed by atoms with Crippen LogP contribution in [0.2, 0.25) is 0 Å². The van der Waals surface area contributed by atoms with Crippen LogP contribution in [0.25, 0.3) is 22.3 Å². The molecule has 0 radical (unpaired) electrons. The molecule has 1 aliphatic heterocycles. The maximum atomic E-state index is 12.4. The summed E-state index contributed by atoms with van der Waals surface area (Å²) in [6.45, 7) is 6.25. The second-order valence-electron chi connectivity index (χ2n) is 10.3. The van der Waals surface area contributed by atoms with Gasteiger partial charge in [0.15, 0.2) is 11.2 Å². The lowest BCUT2D eigenvalue weighted by Gasteiger charge is -2.34. The highest BCUT2D eigenvalue weighted by atomic mass is 16.5. The molecule has 45 heavy (non-hydrogen) atoms. The molecule has 1 aliphatic rings. The topological polar surface area (TPSA) is 237 Å². The van der Waals surface area contributed by atoms with Crippen LogP contribution < -0.4 is 44.2 Å². The Bertz CT molecular complexity index is 1710. The number of aliphatic imine (C=N–C) groups is 1. The van der Waals surface area contributed by atoms with Crippen LogP contribution in [0.5, 0.6) is 5.75 Å². The number of hydrogen-bond acceptors (Lipinski definition) is 14. The predicted octanol–water partition coefficient (Wildman–Crippen LogP) is 0.653. The molecule has 3 heterocycles. The number of hydrogen-bond donors (Lipinski definition) is 4. The molecular formula is C29H37N7O9. The molecule has 16 heteroatoms. The van der Waals surface area contributed by atoms with Crippen molar-refractivity contribution >= 4 is 34.5 Å². The van der Waals surface area contributed by atoms with Gasteiger partial charge in [0.05, 0.1) is 12.9 Å². The molecule has 0 aliphatic carbocycles. The number of nitrogens with one attached hydrogen (secondary N) is 2. The molecule has 0 spiro atoms. The summed E-state index contributed by atoms with van der Waals surface area (Å²) in [4.78, 5) is 58.4. The monoisotopic (exact) mass is 627 g/mol. The van der Waals surface area contributed by atoms with E-state index in [4.69, 9.17) is 39.4 Å². The third-order valence-electron chi connectivity index (χ3n) is 7.08. The summed E-state index contributed by atoms with van der Waals surface area (Å²) in [5, 5.41) is 8.07. The van der Waals surface area contributed by atoms with Crippen molar-refractivity contribution in [3.05, 3.63) is 71.5 Å². The Balaban J connectivity index is 1.48. The molecular weight excluding hydrogens is 590 g/mol. The first-order valence-electron chi connectivity index (χ1n) is 14.6. The van der Waals surface area contributed by atoms with Gasteiger partial charge in [-0.25, -0.2) is 25.0 Å². The van der Waals surface area contributed by atoms with Gasteiger partial charge in [0.25, 0.3) is 0 Å². The highest BCUT2D eigenvalue weighted by Gasteiger charge is 2.25. The lowest BCUT2D eigenvalue weighted by atomic mass is 10.1. The number of unbranched alkanes of at least 4 members (excludes halogenated alkanes) is 3. The van der Waals surface area contributed by atoms with Crippen LogP contribution in [0.1, 0.15) is 37.7 Å². The number of amidine groups is 1. The zero-order valence-corrected chi connectivity index (χ0v) is 24.7. The lowest BCUT2D eigenvalue weighted by molar-refractivity contribution is 0.124. The second-order valence-corrected chi connectivity index (χ2v) is 10.3. The van der Waals surface area contributed by atoms with Crippen LogP contribution in [0.4, 0.5) is 0 Å². The predicted molar refractivity (Wildman–Crippen MR) is 166 cm³/mol. The first-order valence-corrected chi connectivity index (χ1v) is 14.6. The molecule has 242 valence electrons. The molecule has 0 bridgehead atoms. The minimum Gasteiger partial charge on any atom is -0.486 e. The molecule has 0 amide bonds. The maximum Gasteiger partial charge on any atom is 0.336 e. The van der Waals surface area contributed by atoms with Crippen molar-refractivity contribution in [3.63, 3.8) is 0 Å². The van der Waals surface area contributed by atoms with Crippen LogP contribution in [-0.2, 0) is 0 Å². The van der Waals surface area contributed by atoms with E-state index in [1.54, 1.807) is 0 Å². The Hall–Kier alpha value is -4.80. The summed E-state index contributed by atoms with van der Waals surface area (Å²) in [5.74, 6) is 4.10. The molecule has 16 nitrogen and oxygen atoms in total. The number of rotatable bonds is 14. The van der Waals surface area contributed by atoms with Crippen LogP contribution in [0.15, 0.2) is 66.1 Å². The van der Waals surface area contributed by atoms with E-state index in [0.717, 1.165) is 89.2 Å². The Kier molecular flexibility index (Phi) is 12.0. The number of nitrogens with two attached hydrogens (primary N) is 2. The highest BCUT2D eigenvalue weighted by molar-refractivity contribution is 6.15. The van der Waals surface area contributed by atoms with E-state index in [-0.39, 0.29) is 12.4 Å². The molecule has 1 saturated heterocycles. The third kappa shape index (κ3) is 9.34. The molecule has 0 saturated carbocycles. The van der Waals surface area contributed by atoms with Crippen molar-refractivity contribution in [3.8, 4) is 5.75 Å². The van der Waals surface area contributed by atoms with Crippen molar-refractivity contribution in [2.75, 3.05) is 52.4 Å². The van der Waals surface area contributed by atoms with Crippen molar-refractivity contribution in [2.45, 2.75) is 32.1 Å². The van der Waals surface area contributed by atoms with Crippen LogP contribution in [-0.4, -0.2) is 74.4 Å². The highest BCUT2D eigenvalue weighted by Crippen LogP contribution is 2.36. The number of hydrazine groups is 1. The van der Waals surface area contributed by atoms with Crippen molar-refractivity contribution in [1.82, 2.24) is 15.2 Å². The summed E-state index contributed by atoms with van der Waals surface area (Å²) in [6, 6.07) is 3.32. The summed E-state index contributed by atoms with van der Waals surface area (Å²) in [6.07, 6.45) is 6.48. The normalized spacial score (nSPS) is 14.2. The van der Waals surface area contributed by atoms with E-state index in [0.29, 0.717) is 13.0 Å². The van der Waals surface area contributed by atoms with E-state index in [1.165, 1.54) is 6.34 Å². The van der Waals surface area contributed by atoms with E-state index in [9.17, 15) is 19.2 Å². The number of ether oxygens (including phenoxy) is 1. The number of nitrogen functional groups attached to an aromatic ring is 1. The van der Waals surface area contributed by atoms with E-state index < -0.39 is 56.2 Å². The minimum absolute atomic E-state index is 0.0621. The van der Waals surface area contributed by atoms with Gasteiger partial charge < -0.3 is 43.4 Å². The van der Waals surface area contributed by atoms with Gasteiger partial charge in [-0.1, -0.05) is 12.8 Å². The smallest absolute Gasteiger partial charge is 0.336 e. The Morgan fingerprint density at radius 2 is 1.24 bits per heavy atom. The molecule has 4 rings (SSSR count). The Morgan fingerprint density at radius 1 is 0.778 bits per heavy atom. The molecule has 1 fully saturated rings. The van der Waals surface area contributed by atoms with Crippen LogP contribution >= 0.6 is 0 Å². The average Bonchev–Trinajstić information content (AvgIpc) is 3.00. The first kappa shape index (κ1) is 33.1. The first-order chi connectivity index (χ1) is 21.8. The zero-order chi connectivity index (χ0) is 32.2. The van der Waals surface area contributed by atoms with Crippen molar-refractivity contribution in [1.29, 1.82) is 5.41 Å². The molecule has 6 N–H and O–H groups in total. The van der Waals surface area contributed by atoms with Gasteiger partial charge in [-0.2, -0.15) is 0 Å². The average molecular weight is 628 g/mol. The van der Waals surface area contributed by atoms with Crippen LogP contribution in [0.3, 0.4) is 0 Å². The van der Waals surface area contributed by atoms with Crippen molar-refractivity contribution in [2.24, 2.45) is 16.6 Å². The van der Waals surface area contributed by atoms with Gasteiger partial charge in [-0.05, 0) is 25.8 Å². The largest absolute Gasteiger partial charge is 0.486 e. The Labute approximate surface area is 256 Å². The zero-order valence-electron chi connectivity index (χ0n) is 24.7. The van der Waals surface area contributed by atoms with Gasteiger partial charge >= 0.3 is 22.5 Å². The molecule has 3 aromatic rings. The van der Waals surface area contributed by atoms with Gasteiger partial charge in [0, 0.05) is 63.5 Å². The SMILES string of the molecule is N=C(N)c1c2oc(=O)ccc(=O)oc2c(OCCCN2CCN(CCCCCCN=CNN)CC2)c2oc(=O)ccc(=O)oc12. The summed E-state index contributed by atoms with van der Waals surface area (Å²) < 4.78 is 27.3. The summed E-state index contributed by atoms with van der Waals surface area (Å²) >= 11 is 0. The third-order valence-corrected chi connectivity index (χ3v) is 7.08. The van der Waals surface area contributed by atoms with Crippen molar-refractivity contribution < 1.29 is 22.4 Å². The standard InChI is InChI=1S/C29H37N7O9/c30-29(31)23-24-27(44-21(39)8-6-19(37)42-24)26(28-25(23)43-20(38)7-9-22(40)45-28)41-17-5-12-36-15-13-35(14-16-36)11-4-2-1-3-10-33-18-34-32/h6-9,18H,1-5,10-17,32H2,(H3,30,31)(H,33,34). The lowest BCUT2D eigenvalue weighted by Crippen LogP contribution is -2.46. The molecule has 1 aromatic carbocycles. The van der Waals surface area contributed by atoms with Gasteiger partial charge in [-0.3, -0.25) is 10.4 Å². The fourth-order valence-corrected chi connectivity index (χ4v) is 4.91. The van der Waals surface area contributed by atoms with Gasteiger partial charge in [-0.15, -0.1) is 0 Å². The molecule has 0 unspecified atom stereocenters. The fraction of sp³-hybridized carbons (Fsp3) is 0.448. The van der Waals surface area contributed by atoms with E-state index >= 15 is 0 Å². The van der Waals surface area contributed by atoms with E-state index in [2.05, 4.69) is 20.2 Å².